The predicted octanol–water partition coefficient (Wildman–Crippen LogP) is 0.769. The number of amides is 2. The Kier molecular flexibility index (Phi) is 6.35. The molecule has 0 saturated heterocycles. The van der Waals surface area contributed by atoms with E-state index in [0.29, 0.717) is 12.2 Å². The number of aromatic nitrogens is 1. The van der Waals surface area contributed by atoms with E-state index in [2.05, 4.69) is 20.9 Å². The van der Waals surface area contributed by atoms with Gasteiger partial charge in [0, 0.05) is 13.1 Å². The third-order valence-electron chi connectivity index (χ3n) is 2.36. The molecule has 1 heterocycles. The van der Waals surface area contributed by atoms with Gasteiger partial charge in [-0.05, 0) is 25.5 Å². The van der Waals surface area contributed by atoms with E-state index in [1.165, 1.54) is 0 Å². The molecular formula is C13H20N4O2. The van der Waals surface area contributed by atoms with Crippen LogP contribution < -0.4 is 16.0 Å². The van der Waals surface area contributed by atoms with E-state index >= 15 is 0 Å². The molecule has 6 nitrogen and oxygen atoms in total. The lowest BCUT2D eigenvalue weighted by Crippen LogP contribution is -2.37. The van der Waals surface area contributed by atoms with Crippen LogP contribution in [0.15, 0.2) is 18.3 Å². The van der Waals surface area contributed by atoms with Gasteiger partial charge in [-0.25, -0.2) is 4.98 Å². The molecule has 0 fully saturated rings. The highest BCUT2D eigenvalue weighted by atomic mass is 16.2. The van der Waals surface area contributed by atoms with Crippen LogP contribution in [0.1, 0.15) is 30.8 Å². The summed E-state index contributed by atoms with van der Waals surface area (Å²) in [6.07, 6.45) is 2.46. The number of carbonyl (C=O) groups excluding carboxylic acids is 2. The topological polar surface area (TPSA) is 83.1 Å². The first-order chi connectivity index (χ1) is 9.17. The summed E-state index contributed by atoms with van der Waals surface area (Å²) in [7, 11) is 0. The molecule has 1 aromatic rings. The van der Waals surface area contributed by atoms with E-state index in [9.17, 15) is 9.59 Å². The zero-order valence-corrected chi connectivity index (χ0v) is 11.3. The predicted molar refractivity (Wildman–Crippen MR) is 74.0 cm³/mol. The summed E-state index contributed by atoms with van der Waals surface area (Å²) in [5, 5.41) is 8.29. The van der Waals surface area contributed by atoms with Crippen LogP contribution in [0.5, 0.6) is 0 Å². The fourth-order valence-electron chi connectivity index (χ4n) is 1.41. The summed E-state index contributed by atoms with van der Waals surface area (Å²) in [5.74, 6) is -0.547. The lowest BCUT2D eigenvalue weighted by atomic mass is 10.3. The number of nitrogens with one attached hydrogen (secondary N) is 3. The molecule has 2 amide bonds. The summed E-state index contributed by atoms with van der Waals surface area (Å²) in [6.45, 7) is 5.33. The monoisotopic (exact) mass is 264 g/mol. The summed E-state index contributed by atoms with van der Waals surface area (Å²) in [4.78, 5) is 27.1. The molecule has 0 aromatic carbocycles. The Morgan fingerprint density at radius 2 is 2.00 bits per heavy atom. The molecule has 0 unspecified atom stereocenters. The molecule has 0 bridgehead atoms. The highest BCUT2D eigenvalue weighted by Gasteiger charge is 2.08. The fraction of sp³-hybridized carbons (Fsp3) is 0.462. The second kappa shape index (κ2) is 8.07. The highest BCUT2D eigenvalue weighted by molar-refractivity contribution is 5.94. The summed E-state index contributed by atoms with van der Waals surface area (Å²) in [5.41, 5.74) is 1.16. The third kappa shape index (κ3) is 5.37. The van der Waals surface area contributed by atoms with Crippen molar-refractivity contribution in [2.75, 3.05) is 25.0 Å². The van der Waals surface area contributed by atoms with Gasteiger partial charge in [0.1, 0.15) is 5.69 Å². The van der Waals surface area contributed by atoms with Crippen molar-refractivity contribution in [2.24, 2.45) is 0 Å². The van der Waals surface area contributed by atoms with Crippen molar-refractivity contribution in [1.29, 1.82) is 0 Å². The number of hydrogen-bond acceptors (Lipinski definition) is 4. The van der Waals surface area contributed by atoms with Crippen LogP contribution in [-0.4, -0.2) is 36.4 Å². The number of carbonyl (C=O) groups is 2. The Labute approximate surface area is 113 Å². The normalized spacial score (nSPS) is 9.79. The minimum atomic E-state index is -0.352. The van der Waals surface area contributed by atoms with Gasteiger partial charge >= 0.3 is 0 Å². The molecule has 6 heteroatoms. The van der Waals surface area contributed by atoms with Crippen LogP contribution in [0, 0.1) is 0 Å². The van der Waals surface area contributed by atoms with Gasteiger partial charge < -0.3 is 16.0 Å². The molecule has 0 radical (unpaired) electrons. The lowest BCUT2D eigenvalue weighted by Gasteiger charge is -2.06. The average Bonchev–Trinajstić information content (AvgIpc) is 2.43. The molecule has 0 aliphatic heterocycles. The Balaban J connectivity index is 2.42. The Morgan fingerprint density at radius 3 is 2.58 bits per heavy atom. The van der Waals surface area contributed by atoms with Gasteiger partial charge in [-0.2, -0.15) is 0 Å². The van der Waals surface area contributed by atoms with Crippen LogP contribution in [0.2, 0.25) is 0 Å². The maximum absolute atomic E-state index is 11.7. The zero-order valence-electron chi connectivity index (χ0n) is 11.3. The van der Waals surface area contributed by atoms with Gasteiger partial charge in [0.15, 0.2) is 0 Å². The number of pyridine rings is 1. The lowest BCUT2D eigenvalue weighted by molar-refractivity contribution is -0.120. The van der Waals surface area contributed by atoms with Crippen molar-refractivity contribution in [1.82, 2.24) is 15.6 Å². The van der Waals surface area contributed by atoms with Crippen LogP contribution >= 0.6 is 0 Å². The van der Waals surface area contributed by atoms with Gasteiger partial charge in [0.05, 0.1) is 18.4 Å². The Hall–Kier alpha value is -2.11. The van der Waals surface area contributed by atoms with Gasteiger partial charge in [-0.3, -0.25) is 9.59 Å². The number of nitrogens with zero attached hydrogens (tertiary/aromatic N) is 1. The largest absolute Gasteiger partial charge is 0.384 e. The molecule has 19 heavy (non-hydrogen) atoms. The van der Waals surface area contributed by atoms with Crippen molar-refractivity contribution in [3.63, 3.8) is 0 Å². The summed E-state index contributed by atoms with van der Waals surface area (Å²) < 4.78 is 0. The maximum Gasteiger partial charge on any atom is 0.270 e. The van der Waals surface area contributed by atoms with Gasteiger partial charge in [-0.15, -0.1) is 0 Å². The standard InChI is InChI=1S/C13H20N4O2/c1-3-7-15-12(18)9-17-13(19)11-6-5-10(8-16-11)14-4-2/h5-6,8,14H,3-4,7,9H2,1-2H3,(H,15,18)(H,17,19). The van der Waals surface area contributed by atoms with E-state index in [4.69, 9.17) is 0 Å². The first kappa shape index (κ1) is 14.9. The summed E-state index contributed by atoms with van der Waals surface area (Å²) in [6, 6.07) is 3.40. The molecule has 0 aliphatic rings. The number of rotatable bonds is 7. The van der Waals surface area contributed by atoms with Crippen LogP contribution in [0.25, 0.3) is 0 Å². The van der Waals surface area contributed by atoms with Crippen molar-refractivity contribution >= 4 is 17.5 Å². The third-order valence-corrected chi connectivity index (χ3v) is 2.36. The van der Waals surface area contributed by atoms with E-state index in [-0.39, 0.29) is 18.4 Å². The first-order valence-corrected chi connectivity index (χ1v) is 6.42. The van der Waals surface area contributed by atoms with E-state index in [1.54, 1.807) is 18.3 Å². The molecule has 0 aliphatic carbocycles. The quantitative estimate of drug-likeness (QED) is 0.679. The minimum Gasteiger partial charge on any atom is -0.384 e. The first-order valence-electron chi connectivity index (χ1n) is 6.42. The second-order valence-electron chi connectivity index (χ2n) is 4.00. The molecule has 0 atom stereocenters. The van der Waals surface area contributed by atoms with Crippen LogP contribution in [-0.2, 0) is 4.79 Å². The maximum atomic E-state index is 11.7. The molecule has 1 aromatic heterocycles. The van der Waals surface area contributed by atoms with Crippen molar-refractivity contribution in [3.05, 3.63) is 24.0 Å². The Bertz CT molecular complexity index is 417. The molecule has 3 N–H and O–H groups in total. The SMILES string of the molecule is CCCNC(=O)CNC(=O)c1ccc(NCC)cn1. The molecule has 1 rings (SSSR count). The van der Waals surface area contributed by atoms with Gasteiger partial charge in [-0.1, -0.05) is 6.92 Å². The molecule has 0 saturated carbocycles. The van der Waals surface area contributed by atoms with Crippen molar-refractivity contribution in [2.45, 2.75) is 20.3 Å². The van der Waals surface area contributed by atoms with E-state index < -0.39 is 0 Å². The van der Waals surface area contributed by atoms with Crippen molar-refractivity contribution in [3.8, 4) is 0 Å². The molecule has 0 spiro atoms. The van der Waals surface area contributed by atoms with Crippen LogP contribution in [0.3, 0.4) is 0 Å². The van der Waals surface area contributed by atoms with Gasteiger partial charge in [0.2, 0.25) is 5.91 Å². The van der Waals surface area contributed by atoms with Crippen LogP contribution in [0.4, 0.5) is 5.69 Å². The minimum absolute atomic E-state index is 0.0323. The average molecular weight is 264 g/mol. The molecule has 104 valence electrons. The number of hydrogen-bond donors (Lipinski definition) is 3. The zero-order chi connectivity index (χ0) is 14.1. The number of anilines is 1. The second-order valence-corrected chi connectivity index (χ2v) is 4.00. The van der Waals surface area contributed by atoms with Crippen molar-refractivity contribution < 1.29 is 9.59 Å². The highest BCUT2D eigenvalue weighted by Crippen LogP contribution is 2.05. The fourth-order valence-corrected chi connectivity index (χ4v) is 1.41. The van der Waals surface area contributed by atoms with E-state index in [0.717, 1.165) is 18.7 Å². The van der Waals surface area contributed by atoms with E-state index in [1.807, 2.05) is 13.8 Å². The molecular weight excluding hydrogens is 244 g/mol. The summed E-state index contributed by atoms with van der Waals surface area (Å²) >= 11 is 0. The van der Waals surface area contributed by atoms with Gasteiger partial charge in [0.25, 0.3) is 5.91 Å². The Morgan fingerprint density at radius 1 is 1.21 bits per heavy atom. The smallest absolute Gasteiger partial charge is 0.270 e.